The van der Waals surface area contributed by atoms with E-state index in [0.717, 1.165) is 10.4 Å². The summed E-state index contributed by atoms with van der Waals surface area (Å²) in [5, 5.41) is 3.48. The Kier molecular flexibility index (Phi) is 6.22. The smallest absolute Gasteiger partial charge is 0.252 e. The minimum absolute atomic E-state index is 0.134. The summed E-state index contributed by atoms with van der Waals surface area (Å²) in [4.78, 5) is 15.3. The molecule has 2 aromatic rings. The lowest BCUT2D eigenvalue weighted by Crippen LogP contribution is -2.50. The zero-order valence-electron chi connectivity index (χ0n) is 15.2. The van der Waals surface area contributed by atoms with Gasteiger partial charge in [-0.15, -0.1) is 11.3 Å². The average molecular weight is 428 g/mol. The third kappa shape index (κ3) is 4.70. The van der Waals surface area contributed by atoms with E-state index in [9.17, 15) is 13.2 Å². The standard InChI is InChI=1S/C18H22ClN3O3S2/c1-13-6-7-18(26-13)27(24,25)22-10-8-21(9-11-22)12-17(23)20-16-5-3-4-15(19)14(16)2/h3-7H,8-12H2,1-2H3,(H,20,23). The van der Waals surface area contributed by atoms with Crippen molar-refractivity contribution < 1.29 is 13.2 Å². The van der Waals surface area contributed by atoms with E-state index in [-0.39, 0.29) is 12.5 Å². The zero-order chi connectivity index (χ0) is 19.6. The van der Waals surface area contributed by atoms with Crippen LogP contribution in [-0.4, -0.2) is 56.3 Å². The van der Waals surface area contributed by atoms with Gasteiger partial charge in [0.2, 0.25) is 5.91 Å². The number of hydrogen-bond donors (Lipinski definition) is 1. The molecule has 146 valence electrons. The van der Waals surface area contributed by atoms with E-state index in [1.54, 1.807) is 18.2 Å². The Morgan fingerprint density at radius 2 is 1.85 bits per heavy atom. The Morgan fingerprint density at radius 1 is 1.15 bits per heavy atom. The van der Waals surface area contributed by atoms with Gasteiger partial charge < -0.3 is 5.32 Å². The molecule has 0 radical (unpaired) electrons. The number of carbonyl (C=O) groups excluding carboxylic acids is 1. The Morgan fingerprint density at radius 3 is 2.48 bits per heavy atom. The molecule has 0 bridgehead atoms. The number of hydrogen-bond acceptors (Lipinski definition) is 5. The van der Waals surface area contributed by atoms with Gasteiger partial charge in [-0.2, -0.15) is 4.31 Å². The number of sulfonamides is 1. The van der Waals surface area contributed by atoms with Gasteiger partial charge in [-0.05, 0) is 43.7 Å². The number of nitrogens with one attached hydrogen (secondary N) is 1. The monoisotopic (exact) mass is 427 g/mol. The van der Waals surface area contributed by atoms with Crippen molar-refractivity contribution in [3.63, 3.8) is 0 Å². The van der Waals surface area contributed by atoms with Crippen LogP contribution >= 0.6 is 22.9 Å². The van der Waals surface area contributed by atoms with Crippen LogP contribution in [0.25, 0.3) is 0 Å². The molecule has 1 aromatic carbocycles. The van der Waals surface area contributed by atoms with Crippen molar-refractivity contribution in [3.8, 4) is 0 Å². The molecule has 1 amide bonds. The molecular formula is C18H22ClN3O3S2. The van der Waals surface area contributed by atoms with Crippen molar-refractivity contribution in [2.24, 2.45) is 0 Å². The highest BCUT2D eigenvalue weighted by atomic mass is 35.5. The minimum atomic E-state index is -3.44. The number of rotatable bonds is 5. The highest BCUT2D eigenvalue weighted by molar-refractivity contribution is 7.91. The van der Waals surface area contributed by atoms with Crippen molar-refractivity contribution in [2.75, 3.05) is 38.0 Å². The molecule has 1 aliphatic rings. The molecule has 0 aliphatic carbocycles. The number of benzene rings is 1. The first-order chi connectivity index (χ1) is 12.8. The van der Waals surface area contributed by atoms with Crippen LogP contribution in [0.1, 0.15) is 10.4 Å². The van der Waals surface area contributed by atoms with Gasteiger partial charge in [0, 0.05) is 41.8 Å². The summed E-state index contributed by atoms with van der Waals surface area (Å²) in [5.41, 5.74) is 1.52. The lowest BCUT2D eigenvalue weighted by Gasteiger charge is -2.33. The molecule has 9 heteroatoms. The van der Waals surface area contributed by atoms with Gasteiger partial charge in [0.1, 0.15) is 4.21 Å². The summed E-state index contributed by atoms with van der Waals surface area (Å²) in [6, 6.07) is 8.85. The number of anilines is 1. The molecule has 0 unspecified atom stereocenters. The summed E-state index contributed by atoms with van der Waals surface area (Å²) < 4.78 is 27.2. The first-order valence-corrected chi connectivity index (χ1v) is 11.2. The third-order valence-corrected chi connectivity index (χ3v) is 8.33. The van der Waals surface area contributed by atoms with Crippen LogP contribution < -0.4 is 5.32 Å². The number of nitrogens with zero attached hydrogens (tertiary/aromatic N) is 2. The van der Waals surface area contributed by atoms with E-state index in [1.807, 2.05) is 30.9 Å². The maximum absolute atomic E-state index is 12.7. The molecule has 2 heterocycles. The van der Waals surface area contributed by atoms with Crippen LogP contribution in [0, 0.1) is 13.8 Å². The van der Waals surface area contributed by atoms with Gasteiger partial charge in [0.25, 0.3) is 10.0 Å². The van der Waals surface area contributed by atoms with E-state index in [4.69, 9.17) is 11.6 Å². The Labute approximate surface area is 168 Å². The van der Waals surface area contributed by atoms with Crippen molar-refractivity contribution >= 4 is 44.6 Å². The quantitative estimate of drug-likeness (QED) is 0.796. The Hall–Kier alpha value is -1.45. The molecule has 0 spiro atoms. The molecule has 1 fully saturated rings. The highest BCUT2D eigenvalue weighted by Gasteiger charge is 2.30. The molecule has 1 aromatic heterocycles. The van der Waals surface area contributed by atoms with Crippen molar-refractivity contribution in [3.05, 3.63) is 45.8 Å². The summed E-state index contributed by atoms with van der Waals surface area (Å²) in [7, 11) is -3.44. The van der Waals surface area contributed by atoms with E-state index < -0.39 is 10.0 Å². The summed E-state index contributed by atoms with van der Waals surface area (Å²) in [5.74, 6) is -0.134. The second-order valence-corrected chi connectivity index (χ2v) is 10.4. The van der Waals surface area contributed by atoms with Crippen LogP contribution in [0.3, 0.4) is 0 Å². The van der Waals surface area contributed by atoms with Crippen molar-refractivity contribution in [2.45, 2.75) is 18.1 Å². The number of amides is 1. The maximum Gasteiger partial charge on any atom is 0.252 e. The van der Waals surface area contributed by atoms with Crippen molar-refractivity contribution in [1.29, 1.82) is 0 Å². The minimum Gasteiger partial charge on any atom is -0.325 e. The van der Waals surface area contributed by atoms with Crippen LogP contribution in [0.15, 0.2) is 34.5 Å². The van der Waals surface area contributed by atoms with Gasteiger partial charge in [-0.25, -0.2) is 8.42 Å². The molecule has 1 N–H and O–H groups in total. The van der Waals surface area contributed by atoms with Gasteiger partial charge in [0.05, 0.1) is 6.54 Å². The van der Waals surface area contributed by atoms with E-state index in [0.29, 0.717) is 41.1 Å². The predicted octanol–water partition coefficient (Wildman–Crippen LogP) is 2.96. The fourth-order valence-corrected chi connectivity index (χ4v) is 5.98. The van der Waals surface area contributed by atoms with Crippen molar-refractivity contribution in [1.82, 2.24) is 9.21 Å². The van der Waals surface area contributed by atoms with E-state index in [2.05, 4.69) is 5.32 Å². The fourth-order valence-electron chi connectivity index (χ4n) is 2.94. The third-order valence-electron chi connectivity index (χ3n) is 4.55. The maximum atomic E-state index is 12.7. The van der Waals surface area contributed by atoms with Gasteiger partial charge in [0.15, 0.2) is 0 Å². The molecule has 3 rings (SSSR count). The topological polar surface area (TPSA) is 69.7 Å². The van der Waals surface area contributed by atoms with Crippen LogP contribution in [0.2, 0.25) is 5.02 Å². The lowest BCUT2D eigenvalue weighted by molar-refractivity contribution is -0.117. The summed E-state index contributed by atoms with van der Waals surface area (Å²) in [6.07, 6.45) is 0. The second kappa shape index (κ2) is 8.28. The Balaban J connectivity index is 1.55. The number of aryl methyl sites for hydroxylation is 1. The number of halogens is 1. The average Bonchev–Trinajstić information content (AvgIpc) is 3.07. The second-order valence-electron chi connectivity index (χ2n) is 6.51. The van der Waals surface area contributed by atoms with E-state index >= 15 is 0 Å². The van der Waals surface area contributed by atoms with Gasteiger partial charge >= 0.3 is 0 Å². The molecule has 27 heavy (non-hydrogen) atoms. The molecule has 1 aliphatic heterocycles. The largest absolute Gasteiger partial charge is 0.325 e. The predicted molar refractivity (Wildman–Crippen MR) is 109 cm³/mol. The normalized spacial score (nSPS) is 16.4. The summed E-state index contributed by atoms with van der Waals surface area (Å²) >= 11 is 7.36. The van der Waals surface area contributed by atoms with Gasteiger partial charge in [-0.1, -0.05) is 17.7 Å². The first-order valence-electron chi connectivity index (χ1n) is 8.61. The van der Waals surface area contributed by atoms with Crippen LogP contribution in [-0.2, 0) is 14.8 Å². The highest BCUT2D eigenvalue weighted by Crippen LogP contribution is 2.25. The number of carbonyl (C=O) groups is 1. The molecule has 1 saturated heterocycles. The lowest BCUT2D eigenvalue weighted by atomic mass is 10.2. The first kappa shape index (κ1) is 20.3. The molecular weight excluding hydrogens is 406 g/mol. The van der Waals surface area contributed by atoms with Crippen LogP contribution in [0.4, 0.5) is 5.69 Å². The van der Waals surface area contributed by atoms with Gasteiger partial charge in [-0.3, -0.25) is 9.69 Å². The molecule has 0 saturated carbocycles. The van der Waals surface area contributed by atoms with E-state index in [1.165, 1.54) is 15.6 Å². The summed E-state index contributed by atoms with van der Waals surface area (Å²) in [6.45, 7) is 5.76. The Bertz CT molecular complexity index is 935. The number of thiophene rings is 1. The molecule has 6 nitrogen and oxygen atoms in total. The van der Waals surface area contributed by atoms with Crippen LogP contribution in [0.5, 0.6) is 0 Å². The SMILES string of the molecule is Cc1ccc(S(=O)(=O)N2CCN(CC(=O)Nc3cccc(Cl)c3C)CC2)s1. The fraction of sp³-hybridized carbons (Fsp3) is 0.389. The molecule has 0 atom stereocenters. The zero-order valence-corrected chi connectivity index (χ0v) is 17.6. The number of piperazine rings is 1.